The molecule has 15 heavy (non-hydrogen) atoms. The van der Waals surface area contributed by atoms with E-state index < -0.39 is 11.6 Å². The van der Waals surface area contributed by atoms with E-state index in [0.29, 0.717) is 0 Å². The first-order chi connectivity index (χ1) is 7.13. The van der Waals surface area contributed by atoms with Crippen molar-refractivity contribution in [3.05, 3.63) is 35.4 Å². The minimum absolute atomic E-state index is 0.256. The fourth-order valence-electron chi connectivity index (χ4n) is 2.30. The monoisotopic (exact) mass is 211 g/mol. The third-order valence-electron chi connectivity index (χ3n) is 3.27. The third kappa shape index (κ3) is 1.88. The topological polar surface area (TPSA) is 12.0 Å². The van der Waals surface area contributed by atoms with Crippen LogP contribution in [0.5, 0.6) is 0 Å². The van der Waals surface area contributed by atoms with E-state index in [4.69, 9.17) is 0 Å². The lowest BCUT2D eigenvalue weighted by Crippen LogP contribution is -2.38. The molecule has 1 nitrogen and oxygen atoms in total. The highest BCUT2D eigenvalue weighted by molar-refractivity contribution is 5.28. The van der Waals surface area contributed by atoms with Crippen LogP contribution in [0.2, 0.25) is 0 Å². The fraction of sp³-hybridized carbons (Fsp3) is 0.500. The molecular formula is C12H15F2N. The van der Waals surface area contributed by atoms with Gasteiger partial charge in [0.15, 0.2) is 0 Å². The number of piperidine rings is 1. The number of benzene rings is 1. The summed E-state index contributed by atoms with van der Waals surface area (Å²) in [4.78, 5) is 0. The number of halogens is 2. The van der Waals surface area contributed by atoms with Gasteiger partial charge >= 0.3 is 0 Å². The molecule has 1 heterocycles. The van der Waals surface area contributed by atoms with Gasteiger partial charge < -0.3 is 5.32 Å². The normalized spacial score (nSPS) is 20.2. The minimum Gasteiger partial charge on any atom is -0.317 e. The Morgan fingerprint density at radius 1 is 1.13 bits per heavy atom. The van der Waals surface area contributed by atoms with Crippen molar-refractivity contribution in [2.24, 2.45) is 0 Å². The van der Waals surface area contributed by atoms with E-state index in [1.165, 1.54) is 18.2 Å². The van der Waals surface area contributed by atoms with Crippen LogP contribution in [0.3, 0.4) is 0 Å². The van der Waals surface area contributed by atoms with Crippen LogP contribution >= 0.6 is 0 Å². The number of rotatable bonds is 1. The summed E-state index contributed by atoms with van der Waals surface area (Å²) in [7, 11) is 0. The molecule has 1 aliphatic heterocycles. The summed E-state index contributed by atoms with van der Waals surface area (Å²) in [6.45, 7) is 3.59. The van der Waals surface area contributed by atoms with Gasteiger partial charge in [0.2, 0.25) is 0 Å². The van der Waals surface area contributed by atoms with E-state index in [1.54, 1.807) is 0 Å². The second-order valence-electron chi connectivity index (χ2n) is 4.41. The number of hydrogen-bond donors (Lipinski definition) is 1. The molecule has 1 aromatic rings. The van der Waals surface area contributed by atoms with Crippen molar-refractivity contribution in [2.75, 3.05) is 13.1 Å². The Kier molecular flexibility index (Phi) is 2.74. The van der Waals surface area contributed by atoms with Gasteiger partial charge in [-0.05, 0) is 38.1 Å². The van der Waals surface area contributed by atoms with Crippen LogP contribution in [0.4, 0.5) is 8.78 Å². The van der Waals surface area contributed by atoms with Crippen molar-refractivity contribution >= 4 is 0 Å². The Balaban J connectivity index is 2.42. The molecule has 3 heteroatoms. The van der Waals surface area contributed by atoms with Gasteiger partial charge in [-0.15, -0.1) is 0 Å². The van der Waals surface area contributed by atoms with Crippen molar-refractivity contribution < 1.29 is 8.78 Å². The van der Waals surface area contributed by atoms with Crippen LogP contribution in [0, 0.1) is 11.6 Å². The molecule has 0 spiro atoms. The molecule has 0 bridgehead atoms. The van der Waals surface area contributed by atoms with Gasteiger partial charge in [0.25, 0.3) is 0 Å². The first-order valence-corrected chi connectivity index (χ1v) is 5.29. The first-order valence-electron chi connectivity index (χ1n) is 5.29. The van der Waals surface area contributed by atoms with Crippen LogP contribution in [0.1, 0.15) is 25.3 Å². The molecule has 1 aromatic carbocycles. The van der Waals surface area contributed by atoms with Gasteiger partial charge in [-0.2, -0.15) is 0 Å². The molecule has 0 unspecified atom stereocenters. The van der Waals surface area contributed by atoms with Crippen molar-refractivity contribution in [3.8, 4) is 0 Å². The minimum atomic E-state index is -0.417. The molecule has 1 aliphatic rings. The van der Waals surface area contributed by atoms with Crippen molar-refractivity contribution in [3.63, 3.8) is 0 Å². The summed E-state index contributed by atoms with van der Waals surface area (Å²) in [6.07, 6.45) is 1.57. The van der Waals surface area contributed by atoms with Crippen molar-refractivity contribution in [1.82, 2.24) is 5.32 Å². The maximum absolute atomic E-state index is 13.6. The van der Waals surface area contributed by atoms with Gasteiger partial charge in [-0.25, -0.2) is 8.78 Å². The maximum Gasteiger partial charge on any atom is 0.129 e. The summed E-state index contributed by atoms with van der Waals surface area (Å²) in [5.74, 6) is -0.834. The van der Waals surface area contributed by atoms with E-state index in [2.05, 4.69) is 5.32 Å². The molecule has 0 saturated carbocycles. The molecule has 2 rings (SSSR count). The van der Waals surface area contributed by atoms with Crippen LogP contribution < -0.4 is 5.32 Å². The Hall–Kier alpha value is -0.960. The summed E-state index contributed by atoms with van der Waals surface area (Å²) in [5, 5.41) is 3.20. The summed E-state index contributed by atoms with van der Waals surface area (Å²) in [6, 6.07) is 4.09. The van der Waals surface area contributed by atoms with Gasteiger partial charge in [0, 0.05) is 11.0 Å². The summed E-state index contributed by atoms with van der Waals surface area (Å²) < 4.78 is 27.2. The van der Waals surface area contributed by atoms with E-state index in [-0.39, 0.29) is 11.0 Å². The summed E-state index contributed by atoms with van der Waals surface area (Å²) >= 11 is 0. The van der Waals surface area contributed by atoms with Gasteiger partial charge in [0.1, 0.15) is 11.6 Å². The van der Waals surface area contributed by atoms with Crippen molar-refractivity contribution in [2.45, 2.75) is 25.2 Å². The van der Waals surface area contributed by atoms with Crippen molar-refractivity contribution in [1.29, 1.82) is 0 Å². The zero-order valence-corrected chi connectivity index (χ0v) is 8.82. The molecule has 0 radical (unpaired) electrons. The zero-order valence-electron chi connectivity index (χ0n) is 8.82. The second kappa shape index (κ2) is 3.89. The lowest BCUT2D eigenvalue weighted by atomic mass is 9.74. The molecule has 0 atom stereocenters. The lowest BCUT2D eigenvalue weighted by Gasteiger charge is -2.34. The standard InChI is InChI=1S/C12H15F2N/c1-12(5-7-15-8-6-12)11-9(13)3-2-4-10(11)14/h2-4,15H,5-8H2,1H3. The molecule has 1 fully saturated rings. The van der Waals surface area contributed by atoms with Crippen LogP contribution in [-0.4, -0.2) is 13.1 Å². The predicted octanol–water partition coefficient (Wildman–Crippen LogP) is 2.61. The van der Waals surface area contributed by atoms with Gasteiger partial charge in [-0.3, -0.25) is 0 Å². The van der Waals surface area contributed by atoms with E-state index in [0.717, 1.165) is 25.9 Å². The van der Waals surface area contributed by atoms with Gasteiger partial charge in [-0.1, -0.05) is 13.0 Å². The lowest BCUT2D eigenvalue weighted by molar-refractivity contribution is 0.312. The second-order valence-corrected chi connectivity index (χ2v) is 4.41. The Morgan fingerprint density at radius 3 is 2.20 bits per heavy atom. The quantitative estimate of drug-likeness (QED) is 0.753. The van der Waals surface area contributed by atoms with Crippen LogP contribution in [0.25, 0.3) is 0 Å². The molecule has 82 valence electrons. The average Bonchev–Trinajstić information content (AvgIpc) is 2.18. The van der Waals surface area contributed by atoms with E-state index in [9.17, 15) is 8.78 Å². The maximum atomic E-state index is 13.6. The van der Waals surface area contributed by atoms with E-state index in [1.807, 2.05) is 6.92 Å². The largest absolute Gasteiger partial charge is 0.317 e. The molecular weight excluding hydrogens is 196 g/mol. The SMILES string of the molecule is CC1(c2c(F)cccc2F)CCNCC1. The first kappa shape index (κ1) is 10.6. The number of hydrogen-bond acceptors (Lipinski definition) is 1. The Morgan fingerprint density at radius 2 is 1.67 bits per heavy atom. The van der Waals surface area contributed by atoms with E-state index >= 15 is 0 Å². The molecule has 0 aromatic heterocycles. The molecule has 1 saturated heterocycles. The predicted molar refractivity (Wildman–Crippen MR) is 55.8 cm³/mol. The summed E-state index contributed by atoms with van der Waals surface area (Å²) in [5.41, 5.74) is -0.104. The fourth-order valence-corrected chi connectivity index (χ4v) is 2.30. The molecule has 1 N–H and O–H groups in total. The third-order valence-corrected chi connectivity index (χ3v) is 3.27. The highest BCUT2D eigenvalue weighted by Crippen LogP contribution is 2.35. The Bertz CT molecular complexity index is 336. The van der Waals surface area contributed by atoms with Crippen LogP contribution in [0.15, 0.2) is 18.2 Å². The van der Waals surface area contributed by atoms with Gasteiger partial charge in [0.05, 0.1) is 0 Å². The van der Waals surface area contributed by atoms with Crippen LogP contribution in [-0.2, 0) is 5.41 Å². The average molecular weight is 211 g/mol. The highest BCUT2D eigenvalue weighted by atomic mass is 19.1. The molecule has 0 aliphatic carbocycles. The molecule has 0 amide bonds. The smallest absolute Gasteiger partial charge is 0.129 e. The zero-order chi connectivity index (χ0) is 10.9. The Labute approximate surface area is 88.5 Å². The highest BCUT2D eigenvalue weighted by Gasteiger charge is 2.33. The number of nitrogens with one attached hydrogen (secondary N) is 1.